The minimum atomic E-state index is 0.300. The molecular weight excluding hydrogens is 278 g/mol. The third-order valence-corrected chi connectivity index (χ3v) is 4.91. The highest BCUT2D eigenvalue weighted by atomic mass is 16.5. The summed E-state index contributed by atoms with van der Waals surface area (Å²) in [6, 6.07) is 8.24. The van der Waals surface area contributed by atoms with Gasteiger partial charge < -0.3 is 14.4 Å². The van der Waals surface area contributed by atoms with E-state index in [1.807, 2.05) is 17.0 Å². The van der Waals surface area contributed by atoms with E-state index in [9.17, 15) is 4.79 Å². The van der Waals surface area contributed by atoms with Crippen LogP contribution in [0.5, 0.6) is 5.75 Å². The summed E-state index contributed by atoms with van der Waals surface area (Å²) in [5.74, 6) is 2.19. The van der Waals surface area contributed by atoms with Crippen LogP contribution in [-0.4, -0.2) is 44.2 Å². The zero-order valence-corrected chi connectivity index (χ0v) is 13.3. The number of likely N-dealkylation sites (tertiary alicyclic amines) is 1. The number of piperidine rings is 1. The molecule has 0 unspecified atom stereocenters. The monoisotopic (exact) mass is 303 g/mol. The summed E-state index contributed by atoms with van der Waals surface area (Å²) in [7, 11) is 1.72. The number of benzene rings is 1. The van der Waals surface area contributed by atoms with E-state index >= 15 is 0 Å². The summed E-state index contributed by atoms with van der Waals surface area (Å²) in [4.78, 5) is 14.4. The van der Waals surface area contributed by atoms with Crippen molar-refractivity contribution in [2.75, 3.05) is 33.4 Å². The minimum Gasteiger partial charge on any atom is -0.496 e. The van der Waals surface area contributed by atoms with Crippen LogP contribution in [0.4, 0.5) is 0 Å². The number of nitrogens with zero attached hydrogens (tertiary/aromatic N) is 1. The third kappa shape index (κ3) is 3.43. The number of carbonyl (C=O) groups is 1. The second-order valence-corrected chi connectivity index (χ2v) is 6.33. The van der Waals surface area contributed by atoms with Crippen molar-refractivity contribution in [1.82, 2.24) is 4.90 Å². The van der Waals surface area contributed by atoms with Crippen molar-refractivity contribution < 1.29 is 14.3 Å². The van der Waals surface area contributed by atoms with Crippen LogP contribution in [-0.2, 0) is 9.53 Å². The van der Waals surface area contributed by atoms with Gasteiger partial charge in [0.15, 0.2) is 0 Å². The molecule has 0 aromatic heterocycles. The number of para-hydroxylation sites is 1. The lowest BCUT2D eigenvalue weighted by Gasteiger charge is -2.33. The smallest absolute Gasteiger partial charge is 0.222 e. The van der Waals surface area contributed by atoms with Gasteiger partial charge >= 0.3 is 0 Å². The molecule has 2 fully saturated rings. The van der Waals surface area contributed by atoms with Crippen LogP contribution in [0.1, 0.15) is 37.2 Å². The number of methoxy groups -OCH3 is 1. The number of ether oxygens (including phenoxy) is 2. The number of carbonyl (C=O) groups excluding carboxylic acids is 1. The van der Waals surface area contributed by atoms with Crippen molar-refractivity contribution in [1.29, 1.82) is 0 Å². The lowest BCUT2D eigenvalue weighted by molar-refractivity contribution is -0.133. The highest BCUT2D eigenvalue weighted by molar-refractivity contribution is 5.76. The SMILES string of the molecule is COc1ccccc1C1CCN(C(=O)C[C@H]2CCOC2)CC1. The van der Waals surface area contributed by atoms with Crippen LogP contribution in [0, 0.1) is 5.92 Å². The molecular formula is C18H25NO3. The number of hydrogen-bond donors (Lipinski definition) is 0. The predicted octanol–water partition coefficient (Wildman–Crippen LogP) is 2.83. The Morgan fingerprint density at radius 2 is 2.05 bits per heavy atom. The molecule has 0 aliphatic carbocycles. The Morgan fingerprint density at radius 3 is 2.73 bits per heavy atom. The molecule has 1 aromatic rings. The van der Waals surface area contributed by atoms with Gasteiger partial charge in [-0.1, -0.05) is 18.2 Å². The summed E-state index contributed by atoms with van der Waals surface area (Å²) < 4.78 is 10.8. The number of amides is 1. The van der Waals surface area contributed by atoms with Crippen molar-refractivity contribution in [2.45, 2.75) is 31.6 Å². The summed E-state index contributed by atoms with van der Waals surface area (Å²) in [6.45, 7) is 3.28. The van der Waals surface area contributed by atoms with E-state index in [4.69, 9.17) is 9.47 Å². The Hall–Kier alpha value is -1.55. The molecule has 2 aliphatic heterocycles. The van der Waals surface area contributed by atoms with E-state index in [1.54, 1.807) is 7.11 Å². The zero-order valence-electron chi connectivity index (χ0n) is 13.3. The maximum absolute atomic E-state index is 12.4. The first kappa shape index (κ1) is 15.3. The van der Waals surface area contributed by atoms with Crippen LogP contribution in [0.25, 0.3) is 0 Å². The second kappa shape index (κ2) is 7.14. The predicted molar refractivity (Wildman–Crippen MR) is 85.1 cm³/mol. The van der Waals surface area contributed by atoms with Gasteiger partial charge in [-0.3, -0.25) is 4.79 Å². The average Bonchev–Trinajstić information content (AvgIpc) is 3.08. The molecule has 0 bridgehead atoms. The van der Waals surface area contributed by atoms with E-state index in [1.165, 1.54) is 5.56 Å². The van der Waals surface area contributed by atoms with Gasteiger partial charge in [-0.15, -0.1) is 0 Å². The van der Waals surface area contributed by atoms with Gasteiger partial charge in [0.05, 0.1) is 7.11 Å². The highest BCUT2D eigenvalue weighted by Crippen LogP contribution is 2.34. The Labute approximate surface area is 132 Å². The first-order chi connectivity index (χ1) is 10.8. The van der Waals surface area contributed by atoms with E-state index < -0.39 is 0 Å². The van der Waals surface area contributed by atoms with Crippen molar-refractivity contribution in [3.63, 3.8) is 0 Å². The van der Waals surface area contributed by atoms with Gasteiger partial charge in [-0.2, -0.15) is 0 Å². The van der Waals surface area contributed by atoms with Crippen molar-refractivity contribution in [3.8, 4) is 5.75 Å². The molecule has 4 heteroatoms. The Bertz CT molecular complexity index is 503. The molecule has 1 atom stereocenters. The van der Waals surface area contributed by atoms with Crippen LogP contribution >= 0.6 is 0 Å². The number of rotatable bonds is 4. The average molecular weight is 303 g/mol. The second-order valence-electron chi connectivity index (χ2n) is 6.33. The number of hydrogen-bond acceptors (Lipinski definition) is 3. The van der Waals surface area contributed by atoms with Crippen molar-refractivity contribution in [3.05, 3.63) is 29.8 Å². The lowest BCUT2D eigenvalue weighted by Crippen LogP contribution is -2.38. The van der Waals surface area contributed by atoms with E-state index in [0.717, 1.165) is 51.3 Å². The van der Waals surface area contributed by atoms with Gasteiger partial charge in [0.1, 0.15) is 5.75 Å². The van der Waals surface area contributed by atoms with Crippen molar-refractivity contribution in [2.24, 2.45) is 5.92 Å². The van der Waals surface area contributed by atoms with Crippen LogP contribution in [0.15, 0.2) is 24.3 Å². The Balaban J connectivity index is 1.54. The fourth-order valence-electron chi connectivity index (χ4n) is 3.56. The molecule has 2 heterocycles. The lowest BCUT2D eigenvalue weighted by atomic mass is 9.88. The van der Waals surface area contributed by atoms with Gasteiger partial charge in [0, 0.05) is 32.7 Å². The molecule has 2 saturated heterocycles. The molecule has 4 nitrogen and oxygen atoms in total. The van der Waals surface area contributed by atoms with Gasteiger partial charge in [0.2, 0.25) is 5.91 Å². The van der Waals surface area contributed by atoms with E-state index in [0.29, 0.717) is 24.2 Å². The maximum Gasteiger partial charge on any atom is 0.222 e. The third-order valence-electron chi connectivity index (χ3n) is 4.91. The Morgan fingerprint density at radius 1 is 1.27 bits per heavy atom. The fourth-order valence-corrected chi connectivity index (χ4v) is 3.56. The maximum atomic E-state index is 12.4. The molecule has 0 N–H and O–H groups in total. The fraction of sp³-hybridized carbons (Fsp3) is 0.611. The Kier molecular flexibility index (Phi) is 4.98. The first-order valence-electron chi connectivity index (χ1n) is 8.26. The van der Waals surface area contributed by atoms with E-state index in [-0.39, 0.29) is 0 Å². The molecule has 2 aliphatic rings. The summed E-state index contributed by atoms with van der Waals surface area (Å²) in [5, 5.41) is 0. The standard InChI is InChI=1S/C18H25NO3/c1-21-17-5-3-2-4-16(17)15-6-9-19(10-7-15)18(20)12-14-8-11-22-13-14/h2-5,14-15H,6-13H2,1H3/t14-/m1/s1. The van der Waals surface area contributed by atoms with Crippen molar-refractivity contribution >= 4 is 5.91 Å². The van der Waals surface area contributed by atoms with Gasteiger partial charge in [-0.25, -0.2) is 0 Å². The molecule has 3 rings (SSSR count). The molecule has 1 aromatic carbocycles. The molecule has 22 heavy (non-hydrogen) atoms. The largest absolute Gasteiger partial charge is 0.496 e. The topological polar surface area (TPSA) is 38.8 Å². The molecule has 120 valence electrons. The van der Waals surface area contributed by atoms with Gasteiger partial charge in [-0.05, 0) is 42.7 Å². The van der Waals surface area contributed by atoms with Crippen LogP contribution < -0.4 is 4.74 Å². The highest BCUT2D eigenvalue weighted by Gasteiger charge is 2.27. The normalized spacial score (nSPS) is 22.8. The zero-order chi connectivity index (χ0) is 15.4. The summed E-state index contributed by atoms with van der Waals surface area (Å²) >= 11 is 0. The molecule has 0 radical (unpaired) electrons. The van der Waals surface area contributed by atoms with E-state index in [2.05, 4.69) is 12.1 Å². The molecule has 1 amide bonds. The quantitative estimate of drug-likeness (QED) is 0.858. The van der Waals surface area contributed by atoms with Gasteiger partial charge in [0.25, 0.3) is 0 Å². The first-order valence-corrected chi connectivity index (χ1v) is 8.26. The minimum absolute atomic E-state index is 0.300. The summed E-state index contributed by atoms with van der Waals surface area (Å²) in [6.07, 6.45) is 3.73. The van der Waals surface area contributed by atoms with Crippen LogP contribution in [0.2, 0.25) is 0 Å². The van der Waals surface area contributed by atoms with Crippen LogP contribution in [0.3, 0.4) is 0 Å². The molecule has 0 spiro atoms. The summed E-state index contributed by atoms with van der Waals surface area (Å²) in [5.41, 5.74) is 1.28. The molecule has 0 saturated carbocycles.